The van der Waals surface area contributed by atoms with Gasteiger partial charge in [-0.2, -0.15) is 4.37 Å². The van der Waals surface area contributed by atoms with Crippen molar-refractivity contribution in [1.29, 1.82) is 0 Å². The van der Waals surface area contributed by atoms with Gasteiger partial charge < -0.3 is 0 Å². The predicted octanol–water partition coefficient (Wildman–Crippen LogP) is 4.02. The summed E-state index contributed by atoms with van der Waals surface area (Å²) in [5.74, 6) is 0. The Balaban J connectivity index is 2.96. The molecule has 0 bridgehead atoms. The number of fused-ring (bicyclic) bond motifs is 1. The SMILES string of the molecule is Cc1c(Br)ccc2snc(Cl)c12. The third-order valence-corrected chi connectivity index (χ3v) is 3.83. The highest BCUT2D eigenvalue weighted by atomic mass is 79.9. The zero-order valence-corrected chi connectivity index (χ0v) is 9.42. The van der Waals surface area contributed by atoms with Gasteiger partial charge in [-0.25, -0.2) is 0 Å². The van der Waals surface area contributed by atoms with Crippen molar-refractivity contribution in [2.75, 3.05) is 0 Å². The van der Waals surface area contributed by atoms with Crippen LogP contribution in [0.2, 0.25) is 5.15 Å². The van der Waals surface area contributed by atoms with Crippen LogP contribution < -0.4 is 0 Å². The Hall–Kier alpha value is -0.120. The molecule has 0 saturated heterocycles. The van der Waals surface area contributed by atoms with Crippen molar-refractivity contribution in [3.05, 3.63) is 27.3 Å². The van der Waals surface area contributed by atoms with E-state index in [1.165, 1.54) is 11.5 Å². The second-order valence-corrected chi connectivity index (χ2v) is 4.54. The van der Waals surface area contributed by atoms with Crippen LogP contribution in [0.25, 0.3) is 10.1 Å². The lowest BCUT2D eigenvalue weighted by Gasteiger charge is -1.98. The smallest absolute Gasteiger partial charge is 0.150 e. The second-order valence-electron chi connectivity index (χ2n) is 2.52. The summed E-state index contributed by atoms with van der Waals surface area (Å²) in [6.07, 6.45) is 0. The monoisotopic (exact) mass is 261 g/mol. The molecule has 1 aromatic heterocycles. The van der Waals surface area contributed by atoms with Gasteiger partial charge in [-0.05, 0) is 36.2 Å². The van der Waals surface area contributed by atoms with Gasteiger partial charge in [0.25, 0.3) is 0 Å². The highest BCUT2D eigenvalue weighted by molar-refractivity contribution is 9.10. The minimum Gasteiger partial charge on any atom is -0.180 e. The van der Waals surface area contributed by atoms with Gasteiger partial charge in [-0.3, -0.25) is 0 Å². The first-order chi connectivity index (χ1) is 5.70. The van der Waals surface area contributed by atoms with Gasteiger partial charge in [0.2, 0.25) is 0 Å². The molecule has 2 rings (SSSR count). The van der Waals surface area contributed by atoms with Crippen LogP contribution in [0.5, 0.6) is 0 Å². The van der Waals surface area contributed by atoms with E-state index in [0.717, 1.165) is 20.1 Å². The average Bonchev–Trinajstić information content (AvgIpc) is 2.41. The maximum absolute atomic E-state index is 5.93. The Morgan fingerprint density at radius 2 is 2.25 bits per heavy atom. The summed E-state index contributed by atoms with van der Waals surface area (Å²) in [6.45, 7) is 2.03. The lowest BCUT2D eigenvalue weighted by atomic mass is 10.2. The van der Waals surface area contributed by atoms with Crippen LogP contribution in [0.1, 0.15) is 5.56 Å². The number of aromatic nitrogens is 1. The molecular weight excluding hydrogens is 258 g/mol. The molecule has 12 heavy (non-hydrogen) atoms. The van der Waals surface area contributed by atoms with E-state index >= 15 is 0 Å². The van der Waals surface area contributed by atoms with Crippen molar-refractivity contribution in [2.24, 2.45) is 0 Å². The summed E-state index contributed by atoms with van der Waals surface area (Å²) in [7, 11) is 0. The molecule has 0 atom stereocenters. The average molecular weight is 263 g/mol. The summed E-state index contributed by atoms with van der Waals surface area (Å²) in [6, 6.07) is 4.04. The second kappa shape index (κ2) is 2.98. The van der Waals surface area contributed by atoms with Crippen molar-refractivity contribution in [1.82, 2.24) is 4.37 Å². The molecule has 0 aliphatic carbocycles. The third-order valence-electron chi connectivity index (χ3n) is 1.79. The first-order valence-corrected chi connectivity index (χ1v) is 5.34. The van der Waals surface area contributed by atoms with E-state index in [4.69, 9.17) is 11.6 Å². The number of hydrogen-bond acceptors (Lipinski definition) is 2. The van der Waals surface area contributed by atoms with Gasteiger partial charge in [0.15, 0.2) is 5.15 Å². The molecule has 0 aliphatic rings. The third kappa shape index (κ3) is 1.16. The van der Waals surface area contributed by atoms with Gasteiger partial charge in [0, 0.05) is 9.86 Å². The van der Waals surface area contributed by atoms with E-state index in [2.05, 4.69) is 20.3 Å². The number of halogens is 2. The van der Waals surface area contributed by atoms with E-state index in [-0.39, 0.29) is 0 Å². The van der Waals surface area contributed by atoms with Gasteiger partial charge in [0.1, 0.15) is 0 Å². The van der Waals surface area contributed by atoms with Crippen LogP contribution in [-0.2, 0) is 0 Å². The van der Waals surface area contributed by atoms with Crippen molar-refractivity contribution < 1.29 is 0 Å². The lowest BCUT2D eigenvalue weighted by Crippen LogP contribution is -1.76. The molecule has 0 saturated carbocycles. The van der Waals surface area contributed by atoms with Crippen LogP contribution in [-0.4, -0.2) is 4.37 Å². The topological polar surface area (TPSA) is 12.9 Å². The molecule has 1 heterocycles. The summed E-state index contributed by atoms with van der Waals surface area (Å²) in [5.41, 5.74) is 1.16. The largest absolute Gasteiger partial charge is 0.180 e. The Labute approximate surface area is 87.6 Å². The van der Waals surface area contributed by atoms with Gasteiger partial charge >= 0.3 is 0 Å². The van der Waals surface area contributed by atoms with Gasteiger partial charge in [0.05, 0.1) is 4.70 Å². The normalized spacial score (nSPS) is 10.9. The van der Waals surface area contributed by atoms with Crippen LogP contribution in [0.4, 0.5) is 0 Å². The molecular formula is C8H5BrClNS. The first-order valence-electron chi connectivity index (χ1n) is 3.40. The molecule has 0 amide bonds. The van der Waals surface area contributed by atoms with Crippen molar-refractivity contribution in [3.63, 3.8) is 0 Å². The summed E-state index contributed by atoms with van der Waals surface area (Å²) in [5, 5.41) is 1.67. The van der Waals surface area contributed by atoms with E-state index in [0.29, 0.717) is 5.15 Å². The molecule has 2 aromatic rings. The number of aryl methyl sites for hydroxylation is 1. The van der Waals surface area contributed by atoms with Gasteiger partial charge in [-0.1, -0.05) is 27.5 Å². The Morgan fingerprint density at radius 1 is 1.50 bits per heavy atom. The van der Waals surface area contributed by atoms with Gasteiger partial charge in [-0.15, -0.1) is 0 Å². The number of rotatable bonds is 0. The van der Waals surface area contributed by atoms with Crippen LogP contribution >= 0.6 is 39.1 Å². The predicted molar refractivity (Wildman–Crippen MR) is 57.1 cm³/mol. The summed E-state index contributed by atoms with van der Waals surface area (Å²) in [4.78, 5) is 0. The molecule has 0 fully saturated rings. The van der Waals surface area contributed by atoms with Crippen LogP contribution in [0.15, 0.2) is 16.6 Å². The van der Waals surface area contributed by atoms with Crippen molar-refractivity contribution in [2.45, 2.75) is 6.92 Å². The van der Waals surface area contributed by atoms with E-state index in [9.17, 15) is 0 Å². The summed E-state index contributed by atoms with van der Waals surface area (Å²) >= 11 is 10.8. The first kappa shape index (κ1) is 8.48. The van der Waals surface area contributed by atoms with E-state index in [1.807, 2.05) is 19.1 Å². The summed E-state index contributed by atoms with van der Waals surface area (Å²) < 4.78 is 6.30. The molecule has 0 unspecified atom stereocenters. The zero-order chi connectivity index (χ0) is 8.72. The highest BCUT2D eigenvalue weighted by Gasteiger charge is 2.07. The maximum atomic E-state index is 5.93. The highest BCUT2D eigenvalue weighted by Crippen LogP contribution is 2.33. The fraction of sp³-hybridized carbons (Fsp3) is 0.125. The molecule has 0 N–H and O–H groups in total. The molecule has 1 nitrogen and oxygen atoms in total. The molecule has 0 spiro atoms. The van der Waals surface area contributed by atoms with Crippen LogP contribution in [0, 0.1) is 6.92 Å². The fourth-order valence-corrected chi connectivity index (χ4v) is 2.60. The quantitative estimate of drug-likeness (QED) is 0.699. The number of hydrogen-bond donors (Lipinski definition) is 0. The zero-order valence-electron chi connectivity index (χ0n) is 6.27. The lowest BCUT2D eigenvalue weighted by molar-refractivity contribution is 1.48. The Bertz CT molecular complexity index is 438. The van der Waals surface area contributed by atoms with Crippen molar-refractivity contribution in [3.8, 4) is 0 Å². The molecule has 0 aliphatic heterocycles. The minimum atomic E-state index is 0.605. The van der Waals surface area contributed by atoms with Crippen LogP contribution in [0.3, 0.4) is 0 Å². The number of benzene rings is 1. The Morgan fingerprint density at radius 3 is 3.00 bits per heavy atom. The maximum Gasteiger partial charge on any atom is 0.150 e. The molecule has 1 aromatic carbocycles. The van der Waals surface area contributed by atoms with E-state index < -0.39 is 0 Å². The minimum absolute atomic E-state index is 0.605. The van der Waals surface area contributed by atoms with E-state index in [1.54, 1.807) is 0 Å². The fourth-order valence-electron chi connectivity index (χ4n) is 1.13. The molecule has 4 heteroatoms. The van der Waals surface area contributed by atoms with Crippen molar-refractivity contribution >= 4 is 49.1 Å². The molecule has 0 radical (unpaired) electrons. The molecule has 62 valence electrons. The number of nitrogens with zero attached hydrogens (tertiary/aromatic N) is 1. The Kier molecular flexibility index (Phi) is 2.10. The standard InChI is InChI=1S/C8H5BrClNS/c1-4-5(9)2-3-6-7(4)8(10)11-12-6/h2-3H,1H3.